The van der Waals surface area contributed by atoms with Crippen LogP contribution < -0.4 is 4.90 Å². The minimum Gasteiger partial charge on any atom is -0.355 e. The largest absolute Gasteiger partial charge is 0.355 e. The molecule has 0 saturated carbocycles. The number of hydrogen-bond donors (Lipinski definition) is 1. The highest BCUT2D eigenvalue weighted by Gasteiger charge is 2.23. The van der Waals surface area contributed by atoms with Crippen LogP contribution in [0.3, 0.4) is 0 Å². The predicted molar refractivity (Wildman–Crippen MR) is 71.2 cm³/mol. The van der Waals surface area contributed by atoms with Crippen molar-refractivity contribution in [1.29, 1.82) is 0 Å². The van der Waals surface area contributed by atoms with E-state index in [2.05, 4.69) is 23.7 Å². The molecule has 1 aliphatic rings. The molecule has 0 bridgehead atoms. The monoisotopic (exact) mass is 234 g/mol. The third-order valence-corrected chi connectivity index (χ3v) is 3.58. The lowest BCUT2D eigenvalue weighted by molar-refractivity contribution is 0.621. The quantitative estimate of drug-likeness (QED) is 0.797. The number of H-pyrrole nitrogens is 1. The molecule has 0 aliphatic carbocycles. The summed E-state index contributed by atoms with van der Waals surface area (Å²) in [6.07, 6.45) is 2.26. The second-order valence-corrected chi connectivity index (χ2v) is 5.03. The molecule has 0 amide bonds. The van der Waals surface area contributed by atoms with Gasteiger partial charge in [-0.25, -0.2) is 4.39 Å². The van der Waals surface area contributed by atoms with Crippen LogP contribution in [0.5, 0.6) is 0 Å². The van der Waals surface area contributed by atoms with Gasteiger partial charge in [0.05, 0.1) is 5.52 Å². The van der Waals surface area contributed by atoms with Gasteiger partial charge in [0.1, 0.15) is 11.6 Å². The molecule has 2 aromatic rings. The van der Waals surface area contributed by atoms with Crippen molar-refractivity contribution in [2.45, 2.75) is 32.7 Å². The van der Waals surface area contributed by atoms with Gasteiger partial charge in [0.15, 0.2) is 0 Å². The number of fused-ring (bicyclic) bond motifs is 3. The number of aromatic amines is 1. The highest BCUT2D eigenvalue weighted by atomic mass is 19.1. The van der Waals surface area contributed by atoms with E-state index in [1.807, 2.05) is 6.07 Å². The van der Waals surface area contributed by atoms with E-state index in [4.69, 9.17) is 0 Å². The topological polar surface area (TPSA) is 19.0 Å². The number of nitrogens with one attached hydrogen (secondary N) is 1. The van der Waals surface area contributed by atoms with Gasteiger partial charge in [-0.1, -0.05) is 0 Å². The van der Waals surface area contributed by atoms with Crippen molar-refractivity contribution in [2.75, 3.05) is 11.4 Å². The minimum absolute atomic E-state index is 0. The van der Waals surface area contributed by atoms with Crippen LogP contribution in [0.2, 0.25) is 0 Å². The van der Waals surface area contributed by atoms with Gasteiger partial charge in [0.2, 0.25) is 0 Å². The molecular weight excluding hydrogens is 215 g/mol. The van der Waals surface area contributed by atoms with Gasteiger partial charge >= 0.3 is 0 Å². The van der Waals surface area contributed by atoms with Crippen molar-refractivity contribution in [2.24, 2.45) is 0 Å². The molecule has 2 nitrogen and oxygen atoms in total. The Morgan fingerprint density at radius 3 is 3.00 bits per heavy atom. The Balaban J connectivity index is 0.00000120. The fourth-order valence-electron chi connectivity index (χ4n) is 2.77. The normalized spacial score (nSPS) is 15.6. The highest BCUT2D eigenvalue weighted by molar-refractivity contribution is 5.89. The van der Waals surface area contributed by atoms with E-state index < -0.39 is 0 Å². The molecule has 92 valence electrons. The van der Waals surface area contributed by atoms with Crippen LogP contribution in [-0.4, -0.2) is 17.6 Å². The van der Waals surface area contributed by atoms with E-state index in [-0.39, 0.29) is 7.24 Å². The molecular formula is C14H19FN2. The summed E-state index contributed by atoms with van der Waals surface area (Å²) >= 11 is 0. The Bertz CT molecular complexity index is 562. The lowest BCUT2D eigenvalue weighted by Gasteiger charge is -2.32. The first-order valence-corrected chi connectivity index (χ1v) is 6.23. The predicted octanol–water partition coefficient (Wildman–Crippen LogP) is 3.71. The first-order chi connectivity index (χ1) is 8.16. The van der Waals surface area contributed by atoms with Crippen molar-refractivity contribution in [1.82, 2.24) is 4.98 Å². The SMILES string of the molecule is CC(C)N1CCCc2c1[nH]c1cc(F)ccc21.[HH]. The summed E-state index contributed by atoms with van der Waals surface area (Å²) in [6, 6.07) is 5.51. The Hall–Kier alpha value is -1.51. The zero-order valence-electron chi connectivity index (χ0n) is 10.3. The second-order valence-electron chi connectivity index (χ2n) is 5.03. The van der Waals surface area contributed by atoms with Gasteiger partial charge in [-0.2, -0.15) is 0 Å². The zero-order chi connectivity index (χ0) is 12.0. The summed E-state index contributed by atoms with van der Waals surface area (Å²) in [5.41, 5.74) is 2.27. The molecule has 3 heteroatoms. The number of aromatic nitrogens is 1. The van der Waals surface area contributed by atoms with Gasteiger partial charge in [0.25, 0.3) is 0 Å². The molecule has 0 radical (unpaired) electrons. The van der Waals surface area contributed by atoms with Crippen LogP contribution in [0.1, 0.15) is 27.3 Å². The van der Waals surface area contributed by atoms with E-state index >= 15 is 0 Å². The number of rotatable bonds is 1. The zero-order valence-corrected chi connectivity index (χ0v) is 10.3. The van der Waals surface area contributed by atoms with Crippen molar-refractivity contribution in [3.63, 3.8) is 0 Å². The first-order valence-electron chi connectivity index (χ1n) is 6.23. The van der Waals surface area contributed by atoms with Crippen LogP contribution in [0, 0.1) is 5.82 Å². The number of nitrogens with zero attached hydrogens (tertiary/aromatic N) is 1. The number of halogens is 1. The molecule has 1 aliphatic heterocycles. The number of hydrogen-bond acceptors (Lipinski definition) is 1. The van der Waals surface area contributed by atoms with Gasteiger partial charge < -0.3 is 9.88 Å². The summed E-state index contributed by atoms with van der Waals surface area (Å²) < 4.78 is 13.2. The minimum atomic E-state index is -0.174. The first kappa shape index (κ1) is 10.6. The average Bonchev–Trinajstić information content (AvgIpc) is 2.65. The van der Waals surface area contributed by atoms with Crippen LogP contribution in [0.15, 0.2) is 18.2 Å². The molecule has 0 saturated heterocycles. The number of aryl methyl sites for hydroxylation is 1. The molecule has 0 fully saturated rings. The maximum Gasteiger partial charge on any atom is 0.125 e. The van der Waals surface area contributed by atoms with E-state index in [1.165, 1.54) is 23.2 Å². The number of anilines is 1. The van der Waals surface area contributed by atoms with Crippen molar-refractivity contribution >= 4 is 16.7 Å². The van der Waals surface area contributed by atoms with Gasteiger partial charge in [-0.05, 0) is 44.9 Å². The lowest BCUT2D eigenvalue weighted by Crippen LogP contribution is -2.35. The Labute approximate surface area is 102 Å². The Morgan fingerprint density at radius 1 is 1.41 bits per heavy atom. The third-order valence-electron chi connectivity index (χ3n) is 3.58. The Morgan fingerprint density at radius 2 is 2.24 bits per heavy atom. The average molecular weight is 234 g/mol. The summed E-state index contributed by atoms with van der Waals surface area (Å²) in [4.78, 5) is 5.75. The van der Waals surface area contributed by atoms with Crippen LogP contribution >= 0.6 is 0 Å². The van der Waals surface area contributed by atoms with Crippen LogP contribution in [-0.2, 0) is 6.42 Å². The van der Waals surface area contributed by atoms with E-state index in [1.54, 1.807) is 12.1 Å². The number of benzene rings is 1. The van der Waals surface area contributed by atoms with Crippen LogP contribution in [0.25, 0.3) is 10.9 Å². The molecule has 1 aromatic carbocycles. The molecule has 1 aromatic heterocycles. The van der Waals surface area contributed by atoms with Gasteiger partial charge in [0, 0.05) is 25.0 Å². The van der Waals surface area contributed by atoms with E-state index in [0.717, 1.165) is 18.5 Å². The maximum absolute atomic E-state index is 13.2. The smallest absolute Gasteiger partial charge is 0.125 e. The fraction of sp³-hybridized carbons (Fsp3) is 0.429. The third kappa shape index (κ3) is 1.61. The van der Waals surface area contributed by atoms with Gasteiger partial charge in [-0.3, -0.25) is 0 Å². The maximum atomic E-state index is 13.2. The molecule has 1 N–H and O–H groups in total. The molecule has 17 heavy (non-hydrogen) atoms. The molecule has 0 unspecified atom stereocenters. The van der Waals surface area contributed by atoms with Crippen molar-refractivity contribution < 1.29 is 5.82 Å². The fourth-order valence-corrected chi connectivity index (χ4v) is 2.77. The summed E-state index contributed by atoms with van der Waals surface area (Å²) in [6.45, 7) is 5.47. The Kier molecular flexibility index (Phi) is 2.35. The van der Waals surface area contributed by atoms with Gasteiger partial charge in [-0.15, -0.1) is 0 Å². The van der Waals surface area contributed by atoms with E-state index in [9.17, 15) is 4.39 Å². The lowest BCUT2D eigenvalue weighted by atomic mass is 10.0. The highest BCUT2D eigenvalue weighted by Crippen LogP contribution is 2.34. The second kappa shape index (κ2) is 3.76. The van der Waals surface area contributed by atoms with Crippen LogP contribution in [0.4, 0.5) is 10.2 Å². The summed E-state index contributed by atoms with van der Waals surface area (Å²) in [7, 11) is 0. The van der Waals surface area contributed by atoms with E-state index in [0.29, 0.717) is 6.04 Å². The molecule has 0 spiro atoms. The molecule has 2 heterocycles. The standard InChI is InChI=1S/C14H17FN2.H2/c1-9(2)17-7-3-4-12-11-6-5-10(15)8-13(11)16-14(12)17;/h5-6,8-9,16H,3-4,7H2,1-2H3;1H. The summed E-state index contributed by atoms with van der Waals surface area (Å²) in [5.74, 6) is 1.01. The summed E-state index contributed by atoms with van der Waals surface area (Å²) in [5, 5.41) is 1.17. The molecule has 3 rings (SSSR count). The van der Waals surface area contributed by atoms with Crippen molar-refractivity contribution in [3.05, 3.63) is 29.6 Å². The molecule has 0 atom stereocenters. The van der Waals surface area contributed by atoms with Crippen molar-refractivity contribution in [3.8, 4) is 0 Å².